The van der Waals surface area contributed by atoms with Crippen molar-refractivity contribution in [2.24, 2.45) is 0 Å². The summed E-state index contributed by atoms with van der Waals surface area (Å²) in [5, 5.41) is 3.42. The van der Waals surface area contributed by atoms with Crippen LogP contribution < -0.4 is 14.8 Å². The largest absolute Gasteiger partial charge is 0.493 e. The second-order valence-corrected chi connectivity index (χ2v) is 6.35. The number of hydrogen-bond acceptors (Lipinski definition) is 4. The van der Waals surface area contributed by atoms with Gasteiger partial charge in [0.1, 0.15) is 6.10 Å². The quantitative estimate of drug-likeness (QED) is 0.918. The topological polar surface area (TPSA) is 30.5 Å². The van der Waals surface area contributed by atoms with Gasteiger partial charge in [-0.3, -0.25) is 0 Å². The molecule has 2 fully saturated rings. The van der Waals surface area contributed by atoms with Crippen molar-refractivity contribution < 1.29 is 9.47 Å². The summed E-state index contributed by atoms with van der Waals surface area (Å²) in [6.07, 6.45) is 2.70. The van der Waals surface area contributed by atoms with Crippen LogP contribution in [0.1, 0.15) is 24.3 Å². The lowest BCUT2D eigenvalue weighted by Crippen LogP contribution is -2.15. The Morgan fingerprint density at radius 3 is 2.89 bits per heavy atom. The summed E-state index contributed by atoms with van der Waals surface area (Å²) in [5.41, 5.74) is 1.37. The Morgan fingerprint density at radius 1 is 1.26 bits per heavy atom. The van der Waals surface area contributed by atoms with Crippen LogP contribution >= 0.6 is 11.8 Å². The fourth-order valence-corrected chi connectivity index (χ4v) is 3.86. The first-order valence-corrected chi connectivity index (χ1v) is 8.15. The molecule has 2 aliphatic heterocycles. The van der Waals surface area contributed by atoms with Gasteiger partial charge in [-0.25, -0.2) is 0 Å². The Bertz CT molecular complexity index is 426. The molecule has 2 aliphatic rings. The van der Waals surface area contributed by atoms with E-state index in [0.717, 1.165) is 36.8 Å². The van der Waals surface area contributed by atoms with Crippen LogP contribution in [0.3, 0.4) is 0 Å². The minimum Gasteiger partial charge on any atom is -0.493 e. The normalized spacial score (nSPS) is 26.6. The third kappa shape index (κ3) is 3.00. The van der Waals surface area contributed by atoms with Crippen molar-refractivity contribution in [3.63, 3.8) is 0 Å². The van der Waals surface area contributed by atoms with E-state index in [-0.39, 0.29) is 0 Å². The molecule has 1 aromatic rings. The van der Waals surface area contributed by atoms with E-state index >= 15 is 0 Å². The van der Waals surface area contributed by atoms with E-state index in [1.54, 1.807) is 7.11 Å². The summed E-state index contributed by atoms with van der Waals surface area (Å²) in [5.74, 6) is 4.69. The fourth-order valence-electron chi connectivity index (χ4n) is 2.76. The van der Waals surface area contributed by atoms with Crippen molar-refractivity contribution in [3.8, 4) is 11.5 Å². The molecule has 0 amide bonds. The summed E-state index contributed by atoms with van der Waals surface area (Å²) in [7, 11) is 1.71. The number of rotatable bonds is 4. The van der Waals surface area contributed by atoms with Gasteiger partial charge in [0.25, 0.3) is 0 Å². The molecule has 4 heteroatoms. The zero-order valence-electron chi connectivity index (χ0n) is 11.4. The van der Waals surface area contributed by atoms with Crippen LogP contribution in [0, 0.1) is 0 Å². The Balaban J connectivity index is 1.79. The van der Waals surface area contributed by atoms with Gasteiger partial charge in [-0.1, -0.05) is 6.07 Å². The van der Waals surface area contributed by atoms with Gasteiger partial charge in [0.2, 0.25) is 0 Å². The van der Waals surface area contributed by atoms with Crippen LogP contribution in [0.5, 0.6) is 11.5 Å². The smallest absolute Gasteiger partial charge is 0.161 e. The summed E-state index contributed by atoms with van der Waals surface area (Å²) in [6, 6.07) is 6.40. The van der Waals surface area contributed by atoms with Crippen molar-refractivity contribution in [1.29, 1.82) is 0 Å². The van der Waals surface area contributed by atoms with E-state index in [9.17, 15) is 0 Å². The van der Waals surface area contributed by atoms with Gasteiger partial charge in [0, 0.05) is 12.3 Å². The second-order valence-electron chi connectivity index (χ2n) is 5.20. The predicted molar refractivity (Wildman–Crippen MR) is 79.6 cm³/mol. The molecule has 0 aliphatic carbocycles. The SMILES string of the molecule is COc1ccc(C2CCNC2)cc1OC1CCSC1. The van der Waals surface area contributed by atoms with Crippen LogP contribution in [0.4, 0.5) is 0 Å². The first-order chi connectivity index (χ1) is 9.36. The van der Waals surface area contributed by atoms with E-state index in [2.05, 4.69) is 17.4 Å². The van der Waals surface area contributed by atoms with Crippen LogP contribution in [0.25, 0.3) is 0 Å². The second kappa shape index (κ2) is 6.06. The van der Waals surface area contributed by atoms with Gasteiger partial charge in [-0.2, -0.15) is 11.8 Å². The first kappa shape index (κ1) is 13.1. The third-order valence-corrected chi connectivity index (χ3v) is 5.03. The molecule has 0 saturated carbocycles. The monoisotopic (exact) mass is 279 g/mol. The van der Waals surface area contributed by atoms with Crippen molar-refractivity contribution in [2.75, 3.05) is 31.7 Å². The lowest BCUT2D eigenvalue weighted by atomic mass is 9.98. The molecule has 104 valence electrons. The minimum atomic E-state index is 0.343. The van der Waals surface area contributed by atoms with Gasteiger partial charge in [0.05, 0.1) is 7.11 Å². The molecule has 3 rings (SSSR count). The highest BCUT2D eigenvalue weighted by Crippen LogP contribution is 2.35. The molecule has 0 radical (unpaired) electrons. The average Bonchev–Trinajstić information content (AvgIpc) is 3.11. The van der Waals surface area contributed by atoms with Crippen molar-refractivity contribution in [2.45, 2.75) is 24.9 Å². The molecular formula is C15H21NO2S. The van der Waals surface area contributed by atoms with Crippen LogP contribution in [-0.4, -0.2) is 37.8 Å². The van der Waals surface area contributed by atoms with Crippen LogP contribution in [0.15, 0.2) is 18.2 Å². The summed E-state index contributed by atoms with van der Waals surface area (Å²) in [4.78, 5) is 0. The Kier molecular flexibility index (Phi) is 4.18. The van der Waals surface area contributed by atoms with Crippen LogP contribution in [-0.2, 0) is 0 Å². The van der Waals surface area contributed by atoms with E-state index in [1.807, 2.05) is 17.8 Å². The maximum atomic E-state index is 6.13. The highest BCUT2D eigenvalue weighted by Gasteiger charge is 2.21. The lowest BCUT2D eigenvalue weighted by Gasteiger charge is -2.18. The van der Waals surface area contributed by atoms with Gasteiger partial charge >= 0.3 is 0 Å². The molecule has 2 saturated heterocycles. The molecule has 0 spiro atoms. The minimum absolute atomic E-state index is 0.343. The van der Waals surface area contributed by atoms with Gasteiger partial charge < -0.3 is 14.8 Å². The highest BCUT2D eigenvalue weighted by molar-refractivity contribution is 7.99. The van der Waals surface area contributed by atoms with Gasteiger partial charge in [-0.05, 0) is 48.8 Å². The third-order valence-electron chi connectivity index (χ3n) is 3.90. The Labute approximate surface area is 119 Å². The number of nitrogens with one attached hydrogen (secondary N) is 1. The van der Waals surface area contributed by atoms with Gasteiger partial charge in [-0.15, -0.1) is 0 Å². The Morgan fingerprint density at radius 2 is 2.21 bits per heavy atom. The predicted octanol–water partition coefficient (Wildman–Crippen LogP) is 2.66. The number of thioether (sulfide) groups is 1. The molecule has 2 unspecified atom stereocenters. The molecule has 19 heavy (non-hydrogen) atoms. The van der Waals surface area contributed by atoms with E-state index in [4.69, 9.17) is 9.47 Å². The Hall–Kier alpha value is -0.870. The summed E-state index contributed by atoms with van der Waals surface area (Å²) in [6.45, 7) is 2.19. The number of benzene rings is 1. The lowest BCUT2D eigenvalue weighted by molar-refractivity contribution is 0.218. The van der Waals surface area contributed by atoms with E-state index in [0.29, 0.717) is 12.0 Å². The molecule has 3 nitrogen and oxygen atoms in total. The maximum absolute atomic E-state index is 6.13. The molecule has 2 heterocycles. The van der Waals surface area contributed by atoms with Crippen molar-refractivity contribution in [3.05, 3.63) is 23.8 Å². The van der Waals surface area contributed by atoms with Crippen molar-refractivity contribution >= 4 is 11.8 Å². The highest BCUT2D eigenvalue weighted by atomic mass is 32.2. The molecule has 1 aromatic carbocycles. The first-order valence-electron chi connectivity index (χ1n) is 7.00. The standard InChI is InChI=1S/C15H21NO2S/c1-17-14-3-2-11(12-4-6-16-9-12)8-15(14)18-13-5-7-19-10-13/h2-3,8,12-13,16H,4-7,9-10H2,1H3. The van der Waals surface area contributed by atoms with Gasteiger partial charge in [0.15, 0.2) is 11.5 Å². The molecular weight excluding hydrogens is 258 g/mol. The fraction of sp³-hybridized carbons (Fsp3) is 0.600. The zero-order chi connectivity index (χ0) is 13.1. The maximum Gasteiger partial charge on any atom is 0.161 e. The molecule has 2 atom stereocenters. The summed E-state index contributed by atoms with van der Waals surface area (Å²) >= 11 is 1.97. The number of hydrogen-bond donors (Lipinski definition) is 1. The number of ether oxygens (including phenoxy) is 2. The average molecular weight is 279 g/mol. The van der Waals surface area contributed by atoms with E-state index in [1.165, 1.54) is 17.7 Å². The summed E-state index contributed by atoms with van der Waals surface area (Å²) < 4.78 is 11.6. The molecule has 0 aromatic heterocycles. The number of methoxy groups -OCH3 is 1. The van der Waals surface area contributed by atoms with Crippen molar-refractivity contribution in [1.82, 2.24) is 5.32 Å². The van der Waals surface area contributed by atoms with E-state index < -0.39 is 0 Å². The molecule has 0 bridgehead atoms. The molecule has 1 N–H and O–H groups in total. The zero-order valence-corrected chi connectivity index (χ0v) is 12.2. The van der Waals surface area contributed by atoms with Crippen LogP contribution in [0.2, 0.25) is 0 Å².